The number of hydrogen-bond donors (Lipinski definition) is 0. The highest BCUT2D eigenvalue weighted by molar-refractivity contribution is 5.60. The fourth-order valence-electron chi connectivity index (χ4n) is 2.67. The van der Waals surface area contributed by atoms with Crippen molar-refractivity contribution in [3.63, 3.8) is 0 Å². The predicted molar refractivity (Wildman–Crippen MR) is 120 cm³/mol. The lowest BCUT2D eigenvalue weighted by atomic mass is 10.1. The van der Waals surface area contributed by atoms with Crippen LogP contribution in [0.4, 0.5) is 0 Å². The van der Waals surface area contributed by atoms with Gasteiger partial charge in [-0.3, -0.25) is 0 Å². The maximum atomic E-state index is 5.52. The Balaban J connectivity index is 1.95. The van der Waals surface area contributed by atoms with E-state index in [-0.39, 0.29) is 0 Å². The quantitative estimate of drug-likeness (QED) is 0.605. The number of hydrogen-bond acceptors (Lipinski definition) is 2. The molecule has 3 aromatic rings. The number of benzene rings is 3. The van der Waals surface area contributed by atoms with Crippen LogP contribution in [0.5, 0.6) is 11.5 Å². The molecule has 0 heterocycles. The highest BCUT2D eigenvalue weighted by Gasteiger charge is 2.08. The molecule has 0 aliphatic heterocycles. The third kappa shape index (κ3) is 4.86. The van der Waals surface area contributed by atoms with Gasteiger partial charge < -0.3 is 9.47 Å². The molecule has 142 valence electrons. The largest absolute Gasteiger partial charge is 0.495 e. The van der Waals surface area contributed by atoms with Crippen LogP contribution < -0.4 is 9.47 Å². The van der Waals surface area contributed by atoms with Gasteiger partial charge in [-0.25, -0.2) is 0 Å². The Labute approximate surface area is 177 Å². The van der Waals surface area contributed by atoms with Crippen molar-refractivity contribution in [2.45, 2.75) is 0 Å². The molecule has 30 heavy (non-hydrogen) atoms. The maximum absolute atomic E-state index is 5.52. The van der Waals surface area contributed by atoms with E-state index in [1.165, 1.54) is 0 Å². The van der Waals surface area contributed by atoms with Crippen LogP contribution in [-0.4, -0.2) is 14.2 Å². The monoisotopic (exact) mass is 386 g/mol. The number of terminal acetylenes is 2. The average molecular weight is 386 g/mol. The van der Waals surface area contributed by atoms with Crippen LogP contribution in [0.3, 0.4) is 0 Å². The van der Waals surface area contributed by atoms with Crippen molar-refractivity contribution in [3.8, 4) is 59.9 Å². The van der Waals surface area contributed by atoms with Gasteiger partial charge in [-0.05, 0) is 48.5 Å². The van der Waals surface area contributed by atoms with Gasteiger partial charge in [-0.15, -0.1) is 12.8 Å². The van der Waals surface area contributed by atoms with Crippen molar-refractivity contribution in [3.05, 3.63) is 94.0 Å². The Morgan fingerprint density at radius 2 is 0.867 bits per heavy atom. The maximum Gasteiger partial charge on any atom is 0.136 e. The van der Waals surface area contributed by atoms with Crippen LogP contribution in [0, 0.1) is 48.4 Å². The minimum atomic E-state index is 0.621. The zero-order valence-electron chi connectivity index (χ0n) is 16.7. The number of methoxy groups -OCH3 is 2. The zero-order valence-corrected chi connectivity index (χ0v) is 16.7. The van der Waals surface area contributed by atoms with E-state index < -0.39 is 0 Å². The Kier molecular flexibility index (Phi) is 6.49. The molecule has 0 unspecified atom stereocenters. The predicted octanol–water partition coefficient (Wildman–Crippen LogP) is 4.47. The second kappa shape index (κ2) is 9.62. The first-order valence-corrected chi connectivity index (χ1v) is 9.10. The first-order chi connectivity index (χ1) is 14.7. The van der Waals surface area contributed by atoms with E-state index in [0.29, 0.717) is 22.6 Å². The summed E-state index contributed by atoms with van der Waals surface area (Å²) < 4.78 is 11.0. The van der Waals surface area contributed by atoms with E-state index >= 15 is 0 Å². The molecule has 2 nitrogen and oxygen atoms in total. The molecule has 0 radical (unpaired) electrons. The summed E-state index contributed by atoms with van der Waals surface area (Å²) in [5.41, 5.74) is 4.76. The molecule has 0 saturated heterocycles. The van der Waals surface area contributed by atoms with Gasteiger partial charge in [0.1, 0.15) is 11.5 Å². The van der Waals surface area contributed by atoms with Gasteiger partial charge in [-0.1, -0.05) is 35.5 Å². The summed E-state index contributed by atoms with van der Waals surface area (Å²) >= 11 is 0. The second-order valence-corrected chi connectivity index (χ2v) is 6.20. The molecule has 0 atom stereocenters. The molecular formula is C28H18O2. The Hall–Kier alpha value is -4.50. The lowest BCUT2D eigenvalue weighted by Crippen LogP contribution is -1.94. The molecule has 0 aliphatic carbocycles. The molecule has 3 rings (SSSR count). The van der Waals surface area contributed by atoms with Crippen LogP contribution in [0.15, 0.2) is 60.7 Å². The molecule has 0 amide bonds. The van der Waals surface area contributed by atoms with Crippen LogP contribution >= 0.6 is 0 Å². The third-order valence-corrected chi connectivity index (χ3v) is 4.31. The first-order valence-electron chi connectivity index (χ1n) is 9.10. The van der Waals surface area contributed by atoms with Gasteiger partial charge >= 0.3 is 0 Å². The molecule has 0 saturated carbocycles. The fourth-order valence-corrected chi connectivity index (χ4v) is 2.67. The minimum Gasteiger partial charge on any atom is -0.495 e. The summed E-state index contributed by atoms with van der Waals surface area (Å²) in [5, 5.41) is 0. The van der Waals surface area contributed by atoms with Gasteiger partial charge in [0.05, 0.1) is 25.3 Å². The molecule has 2 heteroatoms. The molecule has 0 aliphatic rings. The van der Waals surface area contributed by atoms with E-state index in [1.54, 1.807) is 14.2 Å². The van der Waals surface area contributed by atoms with Crippen molar-refractivity contribution >= 4 is 0 Å². The molecule has 0 bridgehead atoms. The molecule has 3 aromatic carbocycles. The summed E-state index contributed by atoms with van der Waals surface area (Å²) in [6, 6.07) is 18.6. The Morgan fingerprint density at radius 3 is 1.17 bits per heavy atom. The molecule has 0 N–H and O–H groups in total. The summed E-state index contributed by atoms with van der Waals surface area (Å²) in [5.74, 6) is 18.9. The van der Waals surface area contributed by atoms with Crippen molar-refractivity contribution in [1.29, 1.82) is 0 Å². The van der Waals surface area contributed by atoms with Crippen LogP contribution in [0.2, 0.25) is 0 Å². The van der Waals surface area contributed by atoms with E-state index in [9.17, 15) is 0 Å². The Morgan fingerprint density at radius 1 is 0.533 bits per heavy atom. The summed E-state index contributed by atoms with van der Waals surface area (Å²) in [6.07, 6.45) is 10.8. The highest BCUT2D eigenvalue weighted by atomic mass is 16.5. The molecule has 0 aromatic heterocycles. The van der Waals surface area contributed by atoms with Crippen molar-refractivity contribution in [2.75, 3.05) is 14.2 Å². The molecule has 0 spiro atoms. The van der Waals surface area contributed by atoms with Gasteiger partial charge in [0, 0.05) is 34.4 Å². The fraction of sp³-hybridized carbons (Fsp3) is 0.0714. The van der Waals surface area contributed by atoms with Gasteiger partial charge in [0.25, 0.3) is 0 Å². The molecular weight excluding hydrogens is 368 g/mol. The second-order valence-electron chi connectivity index (χ2n) is 6.20. The van der Waals surface area contributed by atoms with Crippen LogP contribution in [0.1, 0.15) is 33.4 Å². The van der Waals surface area contributed by atoms with E-state index in [4.69, 9.17) is 22.3 Å². The average Bonchev–Trinajstić information content (AvgIpc) is 2.81. The van der Waals surface area contributed by atoms with Gasteiger partial charge in [0.2, 0.25) is 0 Å². The zero-order chi connectivity index (χ0) is 21.3. The van der Waals surface area contributed by atoms with Crippen LogP contribution in [-0.2, 0) is 0 Å². The standard InChI is InChI=1S/C28H18O2/c1-5-21-7-11-23(12-8-21)15-17-25-19-28(30-4)26(20-27(25)29-3)18-16-24-13-9-22(6-2)10-14-24/h1-2,7-14,19-20H,3-4H3. The van der Waals surface area contributed by atoms with Crippen molar-refractivity contribution in [2.24, 2.45) is 0 Å². The summed E-state index contributed by atoms with van der Waals surface area (Å²) in [7, 11) is 3.20. The normalized spacial score (nSPS) is 9.07. The van der Waals surface area contributed by atoms with E-state index in [2.05, 4.69) is 35.5 Å². The topological polar surface area (TPSA) is 18.5 Å². The smallest absolute Gasteiger partial charge is 0.136 e. The van der Waals surface area contributed by atoms with E-state index in [0.717, 1.165) is 22.3 Å². The lowest BCUT2D eigenvalue weighted by Gasteiger charge is -2.09. The van der Waals surface area contributed by atoms with Gasteiger partial charge in [-0.2, -0.15) is 0 Å². The third-order valence-electron chi connectivity index (χ3n) is 4.31. The number of rotatable bonds is 2. The highest BCUT2D eigenvalue weighted by Crippen LogP contribution is 2.28. The lowest BCUT2D eigenvalue weighted by molar-refractivity contribution is 0.401. The van der Waals surface area contributed by atoms with E-state index in [1.807, 2.05) is 60.7 Å². The summed E-state index contributed by atoms with van der Waals surface area (Å²) in [4.78, 5) is 0. The Bertz CT molecular complexity index is 1150. The van der Waals surface area contributed by atoms with Crippen molar-refractivity contribution < 1.29 is 9.47 Å². The first kappa shape index (κ1) is 20.2. The number of ether oxygens (including phenoxy) is 2. The molecule has 0 fully saturated rings. The van der Waals surface area contributed by atoms with Crippen LogP contribution in [0.25, 0.3) is 0 Å². The van der Waals surface area contributed by atoms with Crippen molar-refractivity contribution in [1.82, 2.24) is 0 Å². The minimum absolute atomic E-state index is 0.621. The summed E-state index contributed by atoms with van der Waals surface area (Å²) in [6.45, 7) is 0. The van der Waals surface area contributed by atoms with Gasteiger partial charge in [0.15, 0.2) is 0 Å². The SMILES string of the molecule is C#Cc1ccc(C#Cc2cc(OC)c(C#Cc3ccc(C#C)cc3)cc2OC)cc1.